The van der Waals surface area contributed by atoms with Crippen LogP contribution in [-0.2, 0) is 11.2 Å². The minimum Gasteiger partial charge on any atom is -0.374 e. The first-order chi connectivity index (χ1) is 9.55. The summed E-state index contributed by atoms with van der Waals surface area (Å²) >= 11 is 6.19. The van der Waals surface area contributed by atoms with E-state index in [2.05, 4.69) is 19.2 Å². The Morgan fingerprint density at radius 3 is 2.90 bits per heavy atom. The van der Waals surface area contributed by atoms with Gasteiger partial charge in [-0.25, -0.2) is 4.39 Å². The molecule has 1 saturated heterocycles. The van der Waals surface area contributed by atoms with Gasteiger partial charge in [-0.3, -0.25) is 0 Å². The first-order valence-electron chi connectivity index (χ1n) is 7.36. The fourth-order valence-corrected chi connectivity index (χ4v) is 3.10. The minimum atomic E-state index is -0.241. The van der Waals surface area contributed by atoms with Crippen LogP contribution in [0.15, 0.2) is 18.2 Å². The fraction of sp³-hybridized carbons (Fsp3) is 0.625. The van der Waals surface area contributed by atoms with Gasteiger partial charge in [-0.15, -0.1) is 0 Å². The summed E-state index contributed by atoms with van der Waals surface area (Å²) in [6.07, 6.45) is 4.00. The van der Waals surface area contributed by atoms with Crippen LogP contribution in [-0.4, -0.2) is 24.8 Å². The Balaban J connectivity index is 2.18. The van der Waals surface area contributed by atoms with Crippen LogP contribution in [0.1, 0.15) is 38.7 Å². The summed E-state index contributed by atoms with van der Waals surface area (Å²) in [5.41, 5.74) is 0.636. The van der Waals surface area contributed by atoms with Gasteiger partial charge >= 0.3 is 0 Å². The predicted octanol–water partition coefficient (Wildman–Crippen LogP) is 3.96. The molecule has 0 spiro atoms. The number of benzene rings is 1. The third kappa shape index (κ3) is 3.72. The molecule has 1 aromatic rings. The average Bonchev–Trinajstić information content (AvgIpc) is 2.43. The molecule has 2 atom stereocenters. The van der Waals surface area contributed by atoms with Crippen molar-refractivity contribution in [1.29, 1.82) is 0 Å². The zero-order valence-electron chi connectivity index (χ0n) is 12.2. The number of nitrogens with one attached hydrogen (secondary N) is 1. The molecule has 0 aromatic heterocycles. The van der Waals surface area contributed by atoms with Crippen LogP contribution in [0.5, 0.6) is 0 Å². The maximum atomic E-state index is 13.4. The van der Waals surface area contributed by atoms with Gasteiger partial charge in [0.1, 0.15) is 5.82 Å². The molecule has 0 radical (unpaired) electrons. The van der Waals surface area contributed by atoms with Crippen LogP contribution in [0.3, 0.4) is 0 Å². The number of hydrogen-bond acceptors (Lipinski definition) is 2. The number of rotatable bonds is 5. The van der Waals surface area contributed by atoms with Crippen LogP contribution < -0.4 is 5.32 Å². The Morgan fingerprint density at radius 2 is 2.25 bits per heavy atom. The molecule has 1 heterocycles. The second-order valence-electron chi connectivity index (χ2n) is 5.67. The van der Waals surface area contributed by atoms with E-state index in [-0.39, 0.29) is 17.5 Å². The maximum absolute atomic E-state index is 13.4. The molecule has 1 aliphatic heterocycles. The van der Waals surface area contributed by atoms with E-state index in [1.165, 1.54) is 18.6 Å². The van der Waals surface area contributed by atoms with Crippen LogP contribution in [0.4, 0.5) is 4.39 Å². The van der Waals surface area contributed by atoms with E-state index in [0.717, 1.165) is 31.6 Å². The van der Waals surface area contributed by atoms with Crippen molar-refractivity contribution in [2.24, 2.45) is 0 Å². The van der Waals surface area contributed by atoms with Crippen molar-refractivity contribution in [2.45, 2.75) is 51.2 Å². The number of halogens is 2. The number of hydrogen-bond donors (Lipinski definition) is 1. The molecule has 0 aliphatic carbocycles. The molecule has 20 heavy (non-hydrogen) atoms. The molecule has 4 heteroatoms. The number of likely N-dealkylation sites (N-methyl/N-ethyl adjacent to an activating group) is 1. The van der Waals surface area contributed by atoms with E-state index >= 15 is 0 Å². The van der Waals surface area contributed by atoms with Crippen molar-refractivity contribution >= 4 is 11.6 Å². The Morgan fingerprint density at radius 1 is 1.45 bits per heavy atom. The van der Waals surface area contributed by atoms with Gasteiger partial charge in [-0.2, -0.15) is 0 Å². The van der Waals surface area contributed by atoms with E-state index in [1.807, 2.05) is 0 Å². The van der Waals surface area contributed by atoms with Crippen LogP contribution in [0, 0.1) is 5.82 Å². The molecule has 1 N–H and O–H groups in total. The summed E-state index contributed by atoms with van der Waals surface area (Å²) in [5, 5.41) is 4.10. The van der Waals surface area contributed by atoms with Gasteiger partial charge in [0.15, 0.2) is 0 Å². The van der Waals surface area contributed by atoms with Gasteiger partial charge in [-0.1, -0.05) is 18.5 Å². The lowest BCUT2D eigenvalue weighted by Gasteiger charge is -2.41. The SMILES string of the molecule is CCNC(Cc1cc(F)ccc1Cl)C1(C)CCCCO1. The number of ether oxygens (including phenoxy) is 1. The van der Waals surface area contributed by atoms with Gasteiger partial charge in [0.05, 0.1) is 5.60 Å². The molecular formula is C16H23ClFNO. The molecule has 0 saturated carbocycles. The van der Waals surface area contributed by atoms with E-state index in [4.69, 9.17) is 16.3 Å². The quantitative estimate of drug-likeness (QED) is 0.888. The Bertz CT molecular complexity index is 446. The highest BCUT2D eigenvalue weighted by atomic mass is 35.5. The van der Waals surface area contributed by atoms with Crippen LogP contribution in [0.25, 0.3) is 0 Å². The van der Waals surface area contributed by atoms with Crippen molar-refractivity contribution in [3.8, 4) is 0 Å². The van der Waals surface area contributed by atoms with E-state index < -0.39 is 0 Å². The Hall–Kier alpha value is -0.640. The highest BCUT2D eigenvalue weighted by molar-refractivity contribution is 6.31. The van der Waals surface area contributed by atoms with Crippen molar-refractivity contribution in [2.75, 3.05) is 13.2 Å². The van der Waals surface area contributed by atoms with Gasteiger partial charge in [0.2, 0.25) is 0 Å². The minimum absolute atomic E-state index is 0.145. The lowest BCUT2D eigenvalue weighted by Crippen LogP contribution is -2.53. The average molecular weight is 300 g/mol. The summed E-state index contributed by atoms with van der Waals surface area (Å²) in [6.45, 7) is 5.88. The van der Waals surface area contributed by atoms with Crippen molar-refractivity contribution < 1.29 is 9.13 Å². The lowest BCUT2D eigenvalue weighted by atomic mass is 9.84. The van der Waals surface area contributed by atoms with Gasteiger partial charge in [-0.05, 0) is 62.9 Å². The molecule has 0 bridgehead atoms. The largest absolute Gasteiger partial charge is 0.374 e. The molecule has 2 nitrogen and oxygen atoms in total. The first-order valence-corrected chi connectivity index (χ1v) is 7.74. The summed E-state index contributed by atoms with van der Waals surface area (Å²) in [5.74, 6) is -0.241. The third-order valence-corrected chi connectivity index (χ3v) is 4.49. The summed E-state index contributed by atoms with van der Waals surface area (Å²) in [4.78, 5) is 0. The van der Waals surface area contributed by atoms with Gasteiger partial charge in [0.25, 0.3) is 0 Å². The lowest BCUT2D eigenvalue weighted by molar-refractivity contribution is -0.0881. The van der Waals surface area contributed by atoms with E-state index in [1.54, 1.807) is 6.07 Å². The molecule has 112 valence electrons. The summed E-state index contributed by atoms with van der Waals surface area (Å²) < 4.78 is 19.4. The highest BCUT2D eigenvalue weighted by Gasteiger charge is 2.36. The second kappa shape index (κ2) is 6.88. The Kier molecular flexibility index (Phi) is 5.42. The monoisotopic (exact) mass is 299 g/mol. The van der Waals surface area contributed by atoms with Crippen molar-refractivity contribution in [1.82, 2.24) is 5.32 Å². The summed E-state index contributed by atoms with van der Waals surface area (Å²) in [6, 6.07) is 4.69. The fourth-order valence-electron chi connectivity index (χ4n) is 2.90. The Labute approximate surface area is 125 Å². The molecular weight excluding hydrogens is 277 g/mol. The molecule has 2 unspecified atom stereocenters. The van der Waals surface area contributed by atoms with Crippen molar-refractivity contribution in [3.63, 3.8) is 0 Å². The van der Waals surface area contributed by atoms with Gasteiger partial charge < -0.3 is 10.1 Å². The smallest absolute Gasteiger partial charge is 0.123 e. The third-order valence-electron chi connectivity index (χ3n) is 4.12. The summed E-state index contributed by atoms with van der Waals surface area (Å²) in [7, 11) is 0. The molecule has 2 rings (SSSR count). The standard InChI is InChI=1S/C16H23ClFNO/c1-3-19-15(16(2)8-4-5-9-20-16)11-12-10-13(18)6-7-14(12)17/h6-7,10,15,19H,3-5,8-9,11H2,1-2H3. The molecule has 1 aromatic carbocycles. The topological polar surface area (TPSA) is 21.3 Å². The van der Waals surface area contributed by atoms with E-state index in [0.29, 0.717) is 11.4 Å². The molecule has 0 amide bonds. The van der Waals surface area contributed by atoms with Crippen LogP contribution >= 0.6 is 11.6 Å². The normalized spacial score (nSPS) is 24.6. The predicted molar refractivity (Wildman–Crippen MR) is 80.8 cm³/mol. The first kappa shape index (κ1) is 15.7. The molecule has 1 fully saturated rings. The second-order valence-corrected chi connectivity index (χ2v) is 6.08. The highest BCUT2D eigenvalue weighted by Crippen LogP contribution is 2.31. The van der Waals surface area contributed by atoms with Crippen molar-refractivity contribution in [3.05, 3.63) is 34.6 Å². The zero-order valence-corrected chi connectivity index (χ0v) is 13.0. The maximum Gasteiger partial charge on any atom is 0.123 e. The van der Waals surface area contributed by atoms with E-state index in [9.17, 15) is 4.39 Å². The van der Waals surface area contributed by atoms with Gasteiger partial charge in [0, 0.05) is 17.7 Å². The molecule has 1 aliphatic rings. The van der Waals surface area contributed by atoms with Crippen LogP contribution in [0.2, 0.25) is 5.02 Å². The zero-order chi connectivity index (χ0) is 14.6.